The largest absolute Gasteiger partial charge is 0.368 e. The monoisotopic (exact) mass is 519 g/mol. The van der Waals surface area contributed by atoms with Gasteiger partial charge in [-0.05, 0) is 61.5 Å². The fourth-order valence-corrected chi connectivity index (χ4v) is 7.39. The summed E-state index contributed by atoms with van der Waals surface area (Å²) < 4.78 is 29.8. The Kier molecular flexibility index (Phi) is 6.38. The normalized spacial score (nSPS) is 22.2. The molecule has 2 aromatic carbocycles. The molecule has 3 aliphatic rings. The minimum atomic E-state index is -3.68. The van der Waals surface area contributed by atoms with Gasteiger partial charge in [-0.2, -0.15) is 0 Å². The van der Waals surface area contributed by atoms with E-state index < -0.39 is 10.0 Å². The molecule has 2 atom stereocenters. The summed E-state index contributed by atoms with van der Waals surface area (Å²) >= 11 is 0. The molecule has 2 saturated heterocycles. The molecule has 1 aliphatic carbocycles. The molecule has 0 amide bonds. The third-order valence-electron chi connectivity index (χ3n) is 8.18. The van der Waals surface area contributed by atoms with Gasteiger partial charge in [-0.15, -0.1) is 0 Å². The van der Waals surface area contributed by atoms with Crippen LogP contribution in [0.15, 0.2) is 60.0 Å². The molecule has 1 aromatic heterocycles. The van der Waals surface area contributed by atoms with Gasteiger partial charge in [-0.25, -0.2) is 18.1 Å². The van der Waals surface area contributed by atoms with Crippen LogP contribution in [0.1, 0.15) is 45.8 Å². The number of aldehydes is 1. The van der Waals surface area contributed by atoms with Gasteiger partial charge in [-0.1, -0.05) is 36.4 Å². The number of nitrogens with one attached hydrogen (secondary N) is 1. The van der Waals surface area contributed by atoms with Crippen molar-refractivity contribution >= 4 is 22.0 Å². The summed E-state index contributed by atoms with van der Waals surface area (Å²) in [6, 6.07) is 15.0. The van der Waals surface area contributed by atoms with Gasteiger partial charge in [0, 0.05) is 49.5 Å². The number of imidazole rings is 1. The standard InChI is InChI=1S/C28H33N5O3S/c1-31-17-27(29-19-31)37(35,36)30-22-15-33(16-22)26-11-9-21-8-10-25(32-12-5-13-32)23(28(21)24(26)18-34)14-20-6-3-2-4-7-20/h2-4,6-7,9,11,17-19,22-23,25,30H,5,8,10,12-16H2,1H3/t23-,25-/m0/s1. The number of likely N-dealkylation sites (tertiary alicyclic amines) is 1. The maximum Gasteiger partial charge on any atom is 0.259 e. The Morgan fingerprint density at radius 3 is 2.54 bits per heavy atom. The molecule has 2 fully saturated rings. The first kappa shape index (κ1) is 24.3. The number of rotatable bonds is 8. The van der Waals surface area contributed by atoms with E-state index >= 15 is 0 Å². The molecule has 0 radical (unpaired) electrons. The first-order valence-electron chi connectivity index (χ1n) is 13.1. The van der Waals surface area contributed by atoms with Gasteiger partial charge < -0.3 is 9.47 Å². The summed E-state index contributed by atoms with van der Waals surface area (Å²) in [5.74, 6) is 0.256. The number of aromatic nitrogens is 2. The molecule has 0 unspecified atom stereocenters. The molecule has 194 valence electrons. The zero-order chi connectivity index (χ0) is 25.6. The number of benzene rings is 2. The minimum Gasteiger partial charge on any atom is -0.368 e. The first-order chi connectivity index (χ1) is 17.9. The van der Waals surface area contributed by atoms with Crippen molar-refractivity contribution < 1.29 is 13.2 Å². The van der Waals surface area contributed by atoms with Crippen molar-refractivity contribution in [1.29, 1.82) is 0 Å². The zero-order valence-corrected chi connectivity index (χ0v) is 21.9. The van der Waals surface area contributed by atoms with E-state index in [1.807, 2.05) is 6.07 Å². The van der Waals surface area contributed by atoms with Gasteiger partial charge in [0.2, 0.25) is 0 Å². The number of anilines is 1. The molecule has 9 heteroatoms. The maximum atomic E-state index is 12.7. The first-order valence-corrected chi connectivity index (χ1v) is 14.6. The topological polar surface area (TPSA) is 87.5 Å². The second-order valence-corrected chi connectivity index (χ2v) is 12.2. The van der Waals surface area contributed by atoms with Gasteiger partial charge in [-0.3, -0.25) is 9.69 Å². The van der Waals surface area contributed by atoms with Crippen molar-refractivity contribution in [1.82, 2.24) is 19.2 Å². The molecule has 0 saturated carbocycles. The lowest BCUT2D eigenvalue weighted by atomic mass is 9.72. The van der Waals surface area contributed by atoms with E-state index in [9.17, 15) is 13.2 Å². The van der Waals surface area contributed by atoms with Crippen LogP contribution in [0.5, 0.6) is 0 Å². The SMILES string of the molecule is Cn1cnc(S(=O)(=O)NC2CN(c3ccc4c(c3C=O)[C@@H](Cc3ccccc3)[C@@H](N3CCC3)CC4)C2)c1. The molecule has 37 heavy (non-hydrogen) atoms. The van der Waals surface area contributed by atoms with Gasteiger partial charge in [0.15, 0.2) is 11.3 Å². The highest BCUT2D eigenvalue weighted by Gasteiger charge is 2.39. The Morgan fingerprint density at radius 1 is 1.11 bits per heavy atom. The molecule has 1 N–H and O–H groups in total. The summed E-state index contributed by atoms with van der Waals surface area (Å²) in [7, 11) is -1.93. The molecule has 3 heterocycles. The third kappa shape index (κ3) is 4.60. The number of hydrogen-bond acceptors (Lipinski definition) is 6. The van der Waals surface area contributed by atoms with Gasteiger partial charge in [0.1, 0.15) is 0 Å². The summed E-state index contributed by atoms with van der Waals surface area (Å²) in [5.41, 5.74) is 5.44. The summed E-state index contributed by atoms with van der Waals surface area (Å²) in [4.78, 5) is 21.3. The smallest absolute Gasteiger partial charge is 0.259 e. The van der Waals surface area contributed by atoms with E-state index in [1.54, 1.807) is 11.6 Å². The van der Waals surface area contributed by atoms with Crippen molar-refractivity contribution in [3.8, 4) is 0 Å². The number of nitrogens with zero attached hydrogens (tertiary/aromatic N) is 4. The van der Waals surface area contributed by atoms with E-state index in [4.69, 9.17) is 0 Å². The van der Waals surface area contributed by atoms with Crippen molar-refractivity contribution in [3.05, 3.63) is 77.2 Å². The second-order valence-electron chi connectivity index (χ2n) is 10.6. The van der Waals surface area contributed by atoms with Crippen molar-refractivity contribution in [2.24, 2.45) is 7.05 Å². The summed E-state index contributed by atoms with van der Waals surface area (Å²) in [6.45, 7) is 3.30. The molecular formula is C28H33N5O3S. The molecule has 0 spiro atoms. The Bertz CT molecular complexity index is 1390. The van der Waals surface area contributed by atoms with Crippen LogP contribution in [0.4, 0.5) is 5.69 Å². The molecule has 6 rings (SSSR count). The number of fused-ring (bicyclic) bond motifs is 1. The van der Waals surface area contributed by atoms with Crippen LogP contribution < -0.4 is 9.62 Å². The second kappa shape index (κ2) is 9.70. The summed E-state index contributed by atoms with van der Waals surface area (Å²) in [6.07, 6.45) is 8.24. The highest BCUT2D eigenvalue weighted by atomic mass is 32.2. The predicted molar refractivity (Wildman–Crippen MR) is 143 cm³/mol. The van der Waals surface area contributed by atoms with Crippen LogP contribution in [0.2, 0.25) is 0 Å². The predicted octanol–water partition coefficient (Wildman–Crippen LogP) is 2.75. The van der Waals surface area contributed by atoms with E-state index in [-0.39, 0.29) is 17.0 Å². The van der Waals surface area contributed by atoms with Crippen LogP contribution in [-0.4, -0.2) is 67.4 Å². The average molecular weight is 520 g/mol. The molecule has 8 nitrogen and oxygen atoms in total. The van der Waals surface area contributed by atoms with Crippen LogP contribution in [0.3, 0.4) is 0 Å². The van der Waals surface area contributed by atoms with Gasteiger partial charge in [0.05, 0.1) is 12.4 Å². The van der Waals surface area contributed by atoms with Crippen LogP contribution in [0, 0.1) is 0 Å². The van der Waals surface area contributed by atoms with Crippen molar-refractivity contribution in [3.63, 3.8) is 0 Å². The lowest BCUT2D eigenvalue weighted by molar-refractivity contribution is 0.0871. The Balaban J connectivity index is 1.27. The molecule has 2 aliphatic heterocycles. The lowest BCUT2D eigenvalue weighted by Gasteiger charge is -2.47. The summed E-state index contributed by atoms with van der Waals surface area (Å²) in [5, 5.41) is 0.0246. The molecular weight excluding hydrogens is 486 g/mol. The highest BCUT2D eigenvalue weighted by molar-refractivity contribution is 7.89. The number of sulfonamides is 1. The third-order valence-corrected chi connectivity index (χ3v) is 9.58. The Labute approximate surface area is 218 Å². The fourth-order valence-electron chi connectivity index (χ4n) is 6.20. The van der Waals surface area contributed by atoms with Gasteiger partial charge in [0.25, 0.3) is 10.0 Å². The zero-order valence-electron chi connectivity index (χ0n) is 21.1. The number of carbonyl (C=O) groups is 1. The average Bonchev–Trinajstić information content (AvgIpc) is 3.29. The fraction of sp³-hybridized carbons (Fsp3) is 0.429. The van der Waals surface area contributed by atoms with Gasteiger partial charge >= 0.3 is 0 Å². The van der Waals surface area contributed by atoms with E-state index in [2.05, 4.69) is 55.9 Å². The Hall–Kier alpha value is -3.01. The Morgan fingerprint density at radius 2 is 1.89 bits per heavy atom. The van der Waals surface area contributed by atoms with E-state index in [1.165, 1.54) is 35.6 Å². The van der Waals surface area contributed by atoms with Crippen LogP contribution in [0.25, 0.3) is 0 Å². The van der Waals surface area contributed by atoms with E-state index in [0.717, 1.165) is 49.9 Å². The number of hydrogen-bond donors (Lipinski definition) is 1. The van der Waals surface area contributed by atoms with E-state index in [0.29, 0.717) is 19.1 Å². The maximum absolute atomic E-state index is 12.7. The molecule has 3 aromatic rings. The van der Waals surface area contributed by atoms with Crippen LogP contribution in [-0.2, 0) is 29.9 Å². The van der Waals surface area contributed by atoms with Crippen LogP contribution >= 0.6 is 0 Å². The highest BCUT2D eigenvalue weighted by Crippen LogP contribution is 2.43. The quantitative estimate of drug-likeness (QED) is 0.461. The number of carbonyl (C=O) groups excluding carboxylic acids is 1. The van der Waals surface area contributed by atoms with Crippen molar-refractivity contribution in [2.45, 2.75) is 48.7 Å². The molecule has 0 bridgehead atoms. The minimum absolute atomic E-state index is 0.0246. The number of aryl methyl sites for hydroxylation is 2. The van der Waals surface area contributed by atoms with Crippen molar-refractivity contribution in [2.75, 3.05) is 31.1 Å². The lowest BCUT2D eigenvalue weighted by Crippen LogP contribution is -2.59.